The molecule has 128 valence electrons. The summed E-state index contributed by atoms with van der Waals surface area (Å²) in [6, 6.07) is 10.6. The van der Waals surface area contributed by atoms with E-state index in [-0.39, 0.29) is 18.0 Å². The number of carbonyl (C=O) groups excluding carboxylic acids is 1. The van der Waals surface area contributed by atoms with E-state index in [1.54, 1.807) is 13.0 Å². The highest BCUT2D eigenvalue weighted by atomic mass is 16.4. The van der Waals surface area contributed by atoms with E-state index in [0.717, 1.165) is 6.42 Å². The molecular weight excluding hydrogens is 320 g/mol. The third kappa shape index (κ3) is 4.00. The van der Waals surface area contributed by atoms with Gasteiger partial charge in [0.15, 0.2) is 0 Å². The number of hydrogen-bond acceptors (Lipinski definition) is 5. The normalized spacial score (nSPS) is 10.6. The van der Waals surface area contributed by atoms with E-state index >= 15 is 0 Å². The summed E-state index contributed by atoms with van der Waals surface area (Å²) in [7, 11) is 0. The van der Waals surface area contributed by atoms with Gasteiger partial charge in [-0.05, 0) is 30.2 Å². The fraction of sp³-hybridized carbons (Fsp3) is 0.222. The molecule has 1 amide bonds. The molecule has 25 heavy (non-hydrogen) atoms. The van der Waals surface area contributed by atoms with Crippen LogP contribution in [-0.4, -0.2) is 20.7 Å². The number of carbonyl (C=O) groups is 1. The van der Waals surface area contributed by atoms with Crippen molar-refractivity contribution < 1.29 is 9.21 Å². The first-order valence-electron chi connectivity index (χ1n) is 7.95. The highest BCUT2D eigenvalue weighted by Gasteiger charge is 2.10. The molecule has 0 saturated carbocycles. The van der Waals surface area contributed by atoms with Crippen molar-refractivity contribution in [2.75, 3.05) is 5.32 Å². The molecule has 3 rings (SSSR count). The Morgan fingerprint density at radius 2 is 1.92 bits per heavy atom. The number of nitrogens with one attached hydrogen (secondary N) is 1. The molecule has 0 aliphatic carbocycles. The van der Waals surface area contributed by atoms with Crippen LogP contribution in [0.1, 0.15) is 18.4 Å². The quantitative estimate of drug-likeness (QED) is 0.771. The Morgan fingerprint density at radius 3 is 2.56 bits per heavy atom. The molecule has 0 radical (unpaired) electrons. The lowest BCUT2D eigenvalue weighted by Gasteiger charge is -2.08. The number of rotatable bonds is 5. The lowest BCUT2D eigenvalue weighted by atomic mass is 10.1. The van der Waals surface area contributed by atoms with Crippen molar-refractivity contribution in [1.82, 2.24) is 14.8 Å². The second-order valence-electron chi connectivity index (χ2n) is 5.61. The number of amides is 1. The Hall–Kier alpha value is -3.22. The van der Waals surface area contributed by atoms with Crippen LogP contribution in [0.2, 0.25) is 0 Å². The maximum Gasteiger partial charge on any atom is 0.251 e. The first-order valence-corrected chi connectivity index (χ1v) is 7.95. The topological polar surface area (TPSA) is 90.0 Å². The number of pyridine rings is 1. The number of nitrogens with zero attached hydrogens (tertiary/aromatic N) is 3. The van der Waals surface area contributed by atoms with Gasteiger partial charge in [-0.3, -0.25) is 9.59 Å². The lowest BCUT2D eigenvalue weighted by molar-refractivity contribution is -0.116. The fourth-order valence-corrected chi connectivity index (χ4v) is 2.37. The first-order chi connectivity index (χ1) is 12.0. The van der Waals surface area contributed by atoms with Gasteiger partial charge in [-0.15, -0.1) is 10.2 Å². The lowest BCUT2D eigenvalue weighted by Crippen LogP contribution is -2.26. The molecule has 0 atom stereocenters. The number of anilines is 1. The van der Waals surface area contributed by atoms with Gasteiger partial charge in [0.05, 0.1) is 5.56 Å². The predicted octanol–water partition coefficient (Wildman–Crippen LogP) is 2.41. The summed E-state index contributed by atoms with van der Waals surface area (Å²) < 4.78 is 6.66. The SMILES string of the molecule is CCc1ccc(NC(=O)Cn2cc(-c3nnc(C)o3)ccc2=O)cc1. The molecule has 3 aromatic rings. The Balaban J connectivity index is 1.75. The smallest absolute Gasteiger partial charge is 0.251 e. The number of hydrogen-bond donors (Lipinski definition) is 1. The Labute approximate surface area is 144 Å². The second-order valence-corrected chi connectivity index (χ2v) is 5.61. The summed E-state index contributed by atoms with van der Waals surface area (Å²) >= 11 is 0. The molecule has 0 fully saturated rings. The minimum absolute atomic E-state index is 0.102. The van der Waals surface area contributed by atoms with E-state index in [9.17, 15) is 9.59 Å². The second kappa shape index (κ2) is 7.12. The highest BCUT2D eigenvalue weighted by molar-refractivity contribution is 5.90. The molecular formula is C18H18N4O3. The highest BCUT2D eigenvalue weighted by Crippen LogP contribution is 2.15. The van der Waals surface area contributed by atoms with Crippen LogP contribution in [0.15, 0.2) is 51.8 Å². The van der Waals surface area contributed by atoms with Crippen molar-refractivity contribution in [3.8, 4) is 11.5 Å². The van der Waals surface area contributed by atoms with Crippen LogP contribution in [0.3, 0.4) is 0 Å². The van der Waals surface area contributed by atoms with Crippen LogP contribution < -0.4 is 10.9 Å². The van der Waals surface area contributed by atoms with E-state index in [1.165, 1.54) is 22.4 Å². The van der Waals surface area contributed by atoms with Gasteiger partial charge in [0, 0.05) is 24.9 Å². The van der Waals surface area contributed by atoms with E-state index in [1.807, 2.05) is 24.3 Å². The van der Waals surface area contributed by atoms with Crippen LogP contribution in [0.25, 0.3) is 11.5 Å². The van der Waals surface area contributed by atoms with Gasteiger partial charge < -0.3 is 14.3 Å². The minimum Gasteiger partial charge on any atom is -0.421 e. The van der Waals surface area contributed by atoms with Crippen LogP contribution in [-0.2, 0) is 17.8 Å². The molecule has 1 aromatic carbocycles. The minimum atomic E-state index is -0.287. The van der Waals surface area contributed by atoms with Crippen LogP contribution in [0.4, 0.5) is 5.69 Å². The van der Waals surface area contributed by atoms with Gasteiger partial charge in [-0.2, -0.15) is 0 Å². The summed E-state index contributed by atoms with van der Waals surface area (Å²) in [5.41, 5.74) is 2.19. The molecule has 2 aromatic heterocycles. The summed E-state index contributed by atoms with van der Waals surface area (Å²) in [4.78, 5) is 24.2. The third-order valence-corrected chi connectivity index (χ3v) is 3.72. The largest absolute Gasteiger partial charge is 0.421 e. The van der Waals surface area contributed by atoms with Gasteiger partial charge in [-0.1, -0.05) is 19.1 Å². The Morgan fingerprint density at radius 1 is 1.16 bits per heavy atom. The maximum absolute atomic E-state index is 12.2. The van der Waals surface area contributed by atoms with Crippen molar-refractivity contribution in [2.24, 2.45) is 0 Å². The molecule has 0 bridgehead atoms. The molecule has 7 nitrogen and oxygen atoms in total. The molecule has 0 unspecified atom stereocenters. The zero-order valence-electron chi connectivity index (χ0n) is 14.0. The molecule has 7 heteroatoms. The zero-order chi connectivity index (χ0) is 17.8. The van der Waals surface area contributed by atoms with Crippen molar-refractivity contribution in [1.29, 1.82) is 0 Å². The Bertz CT molecular complexity index is 941. The summed E-state index contributed by atoms with van der Waals surface area (Å²) in [6.07, 6.45) is 2.47. The van der Waals surface area contributed by atoms with Gasteiger partial charge >= 0.3 is 0 Å². The number of aromatic nitrogens is 3. The molecule has 1 N–H and O–H groups in total. The summed E-state index contributed by atoms with van der Waals surface area (Å²) in [5.74, 6) is 0.452. The van der Waals surface area contributed by atoms with E-state index in [0.29, 0.717) is 23.0 Å². The van der Waals surface area contributed by atoms with Crippen molar-refractivity contribution in [3.63, 3.8) is 0 Å². The fourth-order valence-electron chi connectivity index (χ4n) is 2.37. The van der Waals surface area contributed by atoms with Gasteiger partial charge in [0.25, 0.3) is 5.56 Å². The van der Waals surface area contributed by atoms with Crippen LogP contribution >= 0.6 is 0 Å². The maximum atomic E-state index is 12.2. The summed E-state index contributed by atoms with van der Waals surface area (Å²) in [6.45, 7) is 3.65. The van der Waals surface area contributed by atoms with Crippen LogP contribution in [0, 0.1) is 6.92 Å². The molecule has 0 aliphatic rings. The zero-order valence-corrected chi connectivity index (χ0v) is 14.0. The standard InChI is InChI=1S/C18H18N4O3/c1-3-13-4-7-15(8-5-13)19-16(23)11-22-10-14(6-9-17(22)24)18-21-20-12(2)25-18/h4-10H,3,11H2,1-2H3,(H,19,23). The predicted molar refractivity (Wildman–Crippen MR) is 93.2 cm³/mol. The first kappa shape index (κ1) is 16.6. The molecule has 0 saturated heterocycles. The van der Waals surface area contributed by atoms with Gasteiger partial charge in [0.1, 0.15) is 6.54 Å². The van der Waals surface area contributed by atoms with Crippen molar-refractivity contribution >= 4 is 11.6 Å². The monoisotopic (exact) mass is 338 g/mol. The molecule has 2 heterocycles. The van der Waals surface area contributed by atoms with Crippen molar-refractivity contribution in [3.05, 3.63) is 64.4 Å². The average Bonchev–Trinajstić information content (AvgIpc) is 3.04. The third-order valence-electron chi connectivity index (χ3n) is 3.72. The van der Waals surface area contributed by atoms with Gasteiger partial charge in [-0.25, -0.2) is 0 Å². The van der Waals surface area contributed by atoms with E-state index in [4.69, 9.17) is 4.42 Å². The van der Waals surface area contributed by atoms with Crippen molar-refractivity contribution in [2.45, 2.75) is 26.8 Å². The average molecular weight is 338 g/mol. The van der Waals surface area contributed by atoms with Crippen LogP contribution in [0.5, 0.6) is 0 Å². The summed E-state index contributed by atoms with van der Waals surface area (Å²) in [5, 5.41) is 10.5. The number of benzene rings is 1. The van der Waals surface area contributed by atoms with Gasteiger partial charge in [0.2, 0.25) is 17.7 Å². The molecule has 0 spiro atoms. The molecule has 0 aliphatic heterocycles. The van der Waals surface area contributed by atoms with E-state index < -0.39 is 0 Å². The van der Waals surface area contributed by atoms with E-state index in [2.05, 4.69) is 22.4 Å². The number of aryl methyl sites for hydroxylation is 2. The Kier molecular flexibility index (Phi) is 4.74.